The third-order valence-corrected chi connectivity index (χ3v) is 4.09. The van der Waals surface area contributed by atoms with Crippen LogP contribution < -0.4 is 0 Å². The molecule has 1 fully saturated rings. The van der Waals surface area contributed by atoms with E-state index in [0.29, 0.717) is 11.5 Å². The number of hydrogen-bond donors (Lipinski definition) is 1. The Labute approximate surface area is 104 Å². The monoisotopic (exact) mass is 252 g/mol. The van der Waals surface area contributed by atoms with Gasteiger partial charge in [0.25, 0.3) is 0 Å². The predicted octanol–water partition coefficient (Wildman–Crippen LogP) is 4.32. The Morgan fingerprint density at radius 2 is 2.19 bits per heavy atom. The summed E-state index contributed by atoms with van der Waals surface area (Å²) in [5.41, 5.74) is 2.43. The van der Waals surface area contributed by atoms with Crippen molar-refractivity contribution in [3.63, 3.8) is 0 Å². The van der Waals surface area contributed by atoms with Gasteiger partial charge in [-0.25, -0.2) is 0 Å². The van der Waals surface area contributed by atoms with Crippen molar-refractivity contribution in [1.82, 2.24) is 9.55 Å². The SMILES string of the molecule is CC1(C)CC1n1c(=S)[nH]c2c(Cl)cccc21. The van der Waals surface area contributed by atoms with Crippen molar-refractivity contribution in [2.75, 3.05) is 0 Å². The summed E-state index contributed by atoms with van der Waals surface area (Å²) in [4.78, 5) is 3.20. The fourth-order valence-electron chi connectivity index (χ4n) is 2.30. The van der Waals surface area contributed by atoms with Gasteiger partial charge >= 0.3 is 0 Å². The van der Waals surface area contributed by atoms with Crippen LogP contribution >= 0.6 is 23.8 Å². The number of hydrogen-bond acceptors (Lipinski definition) is 1. The molecule has 1 aliphatic rings. The number of rotatable bonds is 1. The zero-order valence-electron chi connectivity index (χ0n) is 9.25. The van der Waals surface area contributed by atoms with E-state index in [9.17, 15) is 0 Å². The van der Waals surface area contributed by atoms with Crippen LogP contribution in [0, 0.1) is 10.2 Å². The Morgan fingerprint density at radius 1 is 1.50 bits per heavy atom. The van der Waals surface area contributed by atoms with Gasteiger partial charge < -0.3 is 9.55 Å². The highest BCUT2D eigenvalue weighted by atomic mass is 35.5. The highest BCUT2D eigenvalue weighted by Crippen LogP contribution is 2.56. The van der Waals surface area contributed by atoms with Crippen LogP contribution in [0.1, 0.15) is 26.3 Å². The van der Waals surface area contributed by atoms with E-state index in [2.05, 4.69) is 29.5 Å². The number of imidazole rings is 1. The molecule has 1 aromatic heterocycles. The van der Waals surface area contributed by atoms with E-state index < -0.39 is 0 Å². The van der Waals surface area contributed by atoms with Gasteiger partial charge in [0.05, 0.1) is 16.1 Å². The molecule has 1 unspecified atom stereocenters. The molecule has 16 heavy (non-hydrogen) atoms. The van der Waals surface area contributed by atoms with Gasteiger partial charge in [-0.2, -0.15) is 0 Å². The van der Waals surface area contributed by atoms with Crippen LogP contribution in [-0.2, 0) is 0 Å². The molecular formula is C12H13ClN2S. The van der Waals surface area contributed by atoms with Crippen LogP contribution in [0.2, 0.25) is 5.02 Å². The molecule has 1 heterocycles. The van der Waals surface area contributed by atoms with E-state index in [0.717, 1.165) is 20.8 Å². The summed E-state index contributed by atoms with van der Waals surface area (Å²) in [5, 5.41) is 0.737. The summed E-state index contributed by atoms with van der Waals surface area (Å²) in [6, 6.07) is 6.44. The first kappa shape index (κ1) is 10.4. The molecule has 4 heteroatoms. The second-order valence-electron chi connectivity index (χ2n) is 5.14. The molecule has 0 bridgehead atoms. The summed E-state index contributed by atoms with van der Waals surface area (Å²) in [6.07, 6.45) is 1.18. The maximum atomic E-state index is 6.15. The minimum Gasteiger partial charge on any atom is -0.329 e. The fourth-order valence-corrected chi connectivity index (χ4v) is 2.85. The summed E-state index contributed by atoms with van der Waals surface area (Å²) in [7, 11) is 0. The standard InChI is InChI=1S/C12H13ClN2S/c1-12(2)6-9(12)15-8-5-3-4-7(13)10(8)14-11(15)16/h3-5,9H,6H2,1-2H3,(H,14,16). The van der Waals surface area contributed by atoms with Gasteiger partial charge in [0, 0.05) is 6.04 Å². The van der Waals surface area contributed by atoms with Crippen LogP contribution in [0.15, 0.2) is 18.2 Å². The molecule has 1 atom stereocenters. The normalized spacial score (nSPS) is 22.6. The molecule has 3 rings (SSSR count). The number of H-pyrrole nitrogens is 1. The van der Waals surface area contributed by atoms with E-state index in [1.54, 1.807) is 0 Å². The first-order chi connectivity index (χ1) is 7.50. The van der Waals surface area contributed by atoms with Crippen molar-refractivity contribution in [3.05, 3.63) is 28.0 Å². The number of benzene rings is 1. The summed E-state index contributed by atoms with van der Waals surface area (Å²) < 4.78 is 2.98. The molecule has 0 radical (unpaired) electrons. The molecule has 0 spiro atoms. The van der Waals surface area contributed by atoms with Gasteiger partial charge in [0.1, 0.15) is 0 Å². The molecule has 1 aromatic carbocycles. The Hall–Kier alpha value is -0.800. The Morgan fingerprint density at radius 3 is 2.81 bits per heavy atom. The number of nitrogens with one attached hydrogen (secondary N) is 1. The van der Waals surface area contributed by atoms with Gasteiger partial charge in [-0.1, -0.05) is 31.5 Å². The average molecular weight is 253 g/mol. The van der Waals surface area contributed by atoms with E-state index in [4.69, 9.17) is 23.8 Å². The van der Waals surface area contributed by atoms with Crippen LogP contribution in [0.5, 0.6) is 0 Å². The zero-order valence-corrected chi connectivity index (χ0v) is 10.8. The van der Waals surface area contributed by atoms with Gasteiger partial charge in [-0.3, -0.25) is 0 Å². The quantitative estimate of drug-likeness (QED) is 0.750. The number of nitrogens with zero attached hydrogens (tertiary/aromatic N) is 1. The van der Waals surface area contributed by atoms with E-state index >= 15 is 0 Å². The van der Waals surface area contributed by atoms with Crippen molar-refractivity contribution >= 4 is 34.9 Å². The van der Waals surface area contributed by atoms with Crippen LogP contribution in [0.3, 0.4) is 0 Å². The molecule has 0 amide bonds. The van der Waals surface area contributed by atoms with Crippen LogP contribution in [0.25, 0.3) is 11.0 Å². The molecule has 1 aliphatic carbocycles. The molecular weight excluding hydrogens is 240 g/mol. The summed E-state index contributed by atoms with van der Waals surface area (Å²) in [5.74, 6) is 0. The molecule has 2 aromatic rings. The van der Waals surface area contributed by atoms with Crippen molar-refractivity contribution in [1.29, 1.82) is 0 Å². The average Bonchev–Trinajstić information content (AvgIpc) is 2.68. The highest BCUT2D eigenvalue weighted by Gasteiger charge is 2.47. The largest absolute Gasteiger partial charge is 0.329 e. The molecule has 2 nitrogen and oxygen atoms in total. The van der Waals surface area contributed by atoms with Gasteiger partial charge in [0.15, 0.2) is 4.77 Å². The molecule has 1 saturated carbocycles. The Balaban J connectivity index is 2.30. The maximum absolute atomic E-state index is 6.15. The number of aromatic amines is 1. The number of aromatic nitrogens is 2. The predicted molar refractivity (Wildman–Crippen MR) is 69.6 cm³/mol. The first-order valence-corrected chi connectivity index (χ1v) is 6.18. The third-order valence-electron chi connectivity index (χ3n) is 3.47. The lowest BCUT2D eigenvalue weighted by atomic mass is 10.2. The second kappa shape index (κ2) is 3.11. The van der Waals surface area contributed by atoms with Crippen molar-refractivity contribution in [2.45, 2.75) is 26.3 Å². The van der Waals surface area contributed by atoms with Gasteiger partial charge in [-0.05, 0) is 36.2 Å². The maximum Gasteiger partial charge on any atom is 0.178 e. The minimum atomic E-state index is 0.357. The molecule has 0 aliphatic heterocycles. The van der Waals surface area contributed by atoms with Gasteiger partial charge in [-0.15, -0.1) is 0 Å². The topological polar surface area (TPSA) is 20.7 Å². The minimum absolute atomic E-state index is 0.357. The fraction of sp³-hybridized carbons (Fsp3) is 0.417. The van der Waals surface area contributed by atoms with E-state index in [1.165, 1.54) is 6.42 Å². The number of halogens is 1. The number of para-hydroxylation sites is 1. The van der Waals surface area contributed by atoms with Crippen LogP contribution in [-0.4, -0.2) is 9.55 Å². The Bertz CT molecular complexity index is 623. The zero-order chi connectivity index (χ0) is 11.5. The molecule has 1 N–H and O–H groups in total. The Kier molecular flexibility index (Phi) is 2.01. The third kappa shape index (κ3) is 1.35. The molecule has 84 valence electrons. The highest BCUT2D eigenvalue weighted by molar-refractivity contribution is 7.71. The van der Waals surface area contributed by atoms with Crippen LogP contribution in [0.4, 0.5) is 0 Å². The van der Waals surface area contributed by atoms with Crippen molar-refractivity contribution in [3.8, 4) is 0 Å². The van der Waals surface area contributed by atoms with Crippen molar-refractivity contribution < 1.29 is 0 Å². The smallest absolute Gasteiger partial charge is 0.178 e. The lowest BCUT2D eigenvalue weighted by Crippen LogP contribution is -1.99. The lowest BCUT2D eigenvalue weighted by molar-refractivity contribution is 0.546. The summed E-state index contributed by atoms with van der Waals surface area (Å²) in [6.45, 7) is 4.53. The van der Waals surface area contributed by atoms with Crippen molar-refractivity contribution in [2.24, 2.45) is 5.41 Å². The van der Waals surface area contributed by atoms with E-state index in [1.807, 2.05) is 12.1 Å². The molecule has 0 saturated heterocycles. The second-order valence-corrected chi connectivity index (χ2v) is 5.94. The van der Waals surface area contributed by atoms with Gasteiger partial charge in [0.2, 0.25) is 0 Å². The number of fused-ring (bicyclic) bond motifs is 1. The van der Waals surface area contributed by atoms with E-state index in [-0.39, 0.29) is 0 Å². The lowest BCUT2D eigenvalue weighted by Gasteiger charge is -2.06. The first-order valence-electron chi connectivity index (χ1n) is 5.39. The summed E-state index contributed by atoms with van der Waals surface area (Å²) >= 11 is 11.5.